The average Bonchev–Trinajstić information content (AvgIpc) is 2.95. The molecule has 0 radical (unpaired) electrons. The van der Waals surface area contributed by atoms with Crippen molar-refractivity contribution in [3.8, 4) is 0 Å². The summed E-state index contributed by atoms with van der Waals surface area (Å²) in [5.41, 5.74) is -0.303. The molecule has 98 valence electrons. The van der Waals surface area contributed by atoms with Crippen LogP contribution in [0.1, 0.15) is 30.6 Å². The Morgan fingerprint density at radius 3 is 2.78 bits per heavy atom. The molecule has 1 amide bonds. The monoisotopic (exact) mass is 251 g/mol. The maximum absolute atomic E-state index is 12.2. The highest BCUT2D eigenvalue weighted by Gasteiger charge is 2.42. The topological polar surface area (TPSA) is 75.4 Å². The Labute approximate surface area is 105 Å². The largest absolute Gasteiger partial charge is 0.481 e. The molecule has 1 aromatic heterocycles. The van der Waals surface area contributed by atoms with Crippen molar-refractivity contribution in [2.75, 3.05) is 13.1 Å². The van der Waals surface area contributed by atoms with Crippen LogP contribution in [0.2, 0.25) is 0 Å². The smallest absolute Gasteiger partial charge is 0.311 e. The highest BCUT2D eigenvalue weighted by molar-refractivity contribution is 5.94. The number of aliphatic carboxylic acids is 1. The van der Waals surface area contributed by atoms with Gasteiger partial charge in [0.15, 0.2) is 0 Å². The number of amides is 1. The van der Waals surface area contributed by atoms with E-state index in [4.69, 9.17) is 5.11 Å². The number of nitrogens with zero attached hydrogens (tertiary/aromatic N) is 3. The first kappa shape index (κ1) is 12.6. The highest BCUT2D eigenvalue weighted by atomic mass is 16.4. The lowest BCUT2D eigenvalue weighted by atomic mass is 9.90. The SMILES string of the molecule is CCn1cc(C(=O)N2CC[C@](C)(C(=O)O)C2)cn1. The lowest BCUT2D eigenvalue weighted by Gasteiger charge is -2.19. The lowest BCUT2D eigenvalue weighted by Crippen LogP contribution is -2.34. The Kier molecular flexibility index (Phi) is 3.11. The van der Waals surface area contributed by atoms with E-state index in [0.29, 0.717) is 25.1 Å². The summed E-state index contributed by atoms with van der Waals surface area (Å²) >= 11 is 0. The summed E-state index contributed by atoms with van der Waals surface area (Å²) in [6.07, 6.45) is 3.72. The fourth-order valence-corrected chi connectivity index (χ4v) is 2.14. The Bertz CT molecular complexity index is 483. The molecule has 2 heterocycles. The van der Waals surface area contributed by atoms with Crippen molar-refractivity contribution in [1.82, 2.24) is 14.7 Å². The van der Waals surface area contributed by atoms with Crippen molar-refractivity contribution in [1.29, 1.82) is 0 Å². The van der Waals surface area contributed by atoms with Crippen molar-refractivity contribution >= 4 is 11.9 Å². The number of carbonyl (C=O) groups excluding carboxylic acids is 1. The molecule has 1 N–H and O–H groups in total. The molecule has 1 aliphatic rings. The Hall–Kier alpha value is -1.85. The molecule has 6 heteroatoms. The molecule has 0 aromatic carbocycles. The molecule has 1 aromatic rings. The Balaban J connectivity index is 2.10. The van der Waals surface area contributed by atoms with Gasteiger partial charge in [-0.1, -0.05) is 0 Å². The van der Waals surface area contributed by atoms with E-state index in [1.807, 2.05) is 6.92 Å². The van der Waals surface area contributed by atoms with Gasteiger partial charge in [-0.05, 0) is 20.3 Å². The minimum absolute atomic E-state index is 0.139. The predicted octanol–water partition coefficient (Wildman–Crippen LogP) is 0.840. The molecule has 18 heavy (non-hydrogen) atoms. The normalized spacial score (nSPS) is 23.3. The van der Waals surface area contributed by atoms with E-state index in [0.717, 1.165) is 0 Å². The minimum atomic E-state index is -0.845. The van der Waals surface area contributed by atoms with E-state index in [9.17, 15) is 9.59 Å². The summed E-state index contributed by atoms with van der Waals surface area (Å²) in [5, 5.41) is 13.2. The molecular formula is C12H17N3O3. The van der Waals surface area contributed by atoms with Gasteiger partial charge >= 0.3 is 5.97 Å². The lowest BCUT2D eigenvalue weighted by molar-refractivity contribution is -0.147. The van der Waals surface area contributed by atoms with Crippen LogP contribution in [0, 0.1) is 5.41 Å². The zero-order chi connectivity index (χ0) is 13.3. The number of hydrogen-bond donors (Lipinski definition) is 1. The second-order valence-electron chi connectivity index (χ2n) is 4.93. The zero-order valence-corrected chi connectivity index (χ0v) is 10.6. The standard InChI is InChI=1S/C12H17N3O3/c1-3-15-7-9(6-13-15)10(16)14-5-4-12(2,8-14)11(17)18/h6-7H,3-5,8H2,1-2H3,(H,17,18)/t12-/m0/s1. The van der Waals surface area contributed by atoms with Crippen LogP contribution >= 0.6 is 0 Å². The molecular weight excluding hydrogens is 234 g/mol. The first-order valence-electron chi connectivity index (χ1n) is 6.01. The molecule has 0 unspecified atom stereocenters. The van der Waals surface area contributed by atoms with Crippen LogP contribution in [0.15, 0.2) is 12.4 Å². The number of hydrogen-bond acceptors (Lipinski definition) is 3. The minimum Gasteiger partial charge on any atom is -0.481 e. The second-order valence-corrected chi connectivity index (χ2v) is 4.93. The van der Waals surface area contributed by atoms with E-state index in [-0.39, 0.29) is 12.5 Å². The zero-order valence-electron chi connectivity index (χ0n) is 10.6. The molecule has 1 fully saturated rings. The quantitative estimate of drug-likeness (QED) is 0.863. The van der Waals surface area contributed by atoms with Crippen LogP contribution < -0.4 is 0 Å². The maximum Gasteiger partial charge on any atom is 0.311 e. The number of carbonyl (C=O) groups is 2. The van der Waals surface area contributed by atoms with Gasteiger partial charge in [0.25, 0.3) is 5.91 Å². The van der Waals surface area contributed by atoms with Crippen molar-refractivity contribution in [3.63, 3.8) is 0 Å². The Morgan fingerprint density at radius 2 is 2.28 bits per heavy atom. The molecule has 0 bridgehead atoms. The van der Waals surface area contributed by atoms with Gasteiger partial charge in [-0.3, -0.25) is 14.3 Å². The van der Waals surface area contributed by atoms with Gasteiger partial charge in [-0.15, -0.1) is 0 Å². The number of likely N-dealkylation sites (tertiary alicyclic amines) is 1. The van der Waals surface area contributed by atoms with E-state index in [1.54, 1.807) is 22.7 Å². The fourth-order valence-electron chi connectivity index (χ4n) is 2.14. The molecule has 0 spiro atoms. The van der Waals surface area contributed by atoms with Gasteiger partial charge in [0.1, 0.15) is 0 Å². The molecule has 0 aliphatic carbocycles. The third-order valence-corrected chi connectivity index (χ3v) is 3.48. The molecule has 2 rings (SSSR count). The number of aromatic nitrogens is 2. The van der Waals surface area contributed by atoms with E-state index < -0.39 is 11.4 Å². The van der Waals surface area contributed by atoms with Gasteiger partial charge in [0, 0.05) is 25.8 Å². The fraction of sp³-hybridized carbons (Fsp3) is 0.583. The van der Waals surface area contributed by atoms with Gasteiger partial charge in [-0.25, -0.2) is 0 Å². The number of aryl methyl sites for hydroxylation is 1. The van der Waals surface area contributed by atoms with Crippen molar-refractivity contribution in [3.05, 3.63) is 18.0 Å². The molecule has 0 saturated carbocycles. The van der Waals surface area contributed by atoms with Gasteiger partial charge in [0.05, 0.1) is 17.2 Å². The molecule has 1 aliphatic heterocycles. The van der Waals surface area contributed by atoms with Crippen molar-refractivity contribution in [2.45, 2.75) is 26.8 Å². The van der Waals surface area contributed by atoms with Gasteiger partial charge in [-0.2, -0.15) is 5.10 Å². The Morgan fingerprint density at radius 1 is 1.56 bits per heavy atom. The first-order valence-corrected chi connectivity index (χ1v) is 6.01. The van der Waals surface area contributed by atoms with Crippen LogP contribution in [-0.4, -0.2) is 44.8 Å². The first-order chi connectivity index (χ1) is 8.46. The summed E-state index contributed by atoms with van der Waals surface area (Å²) in [6.45, 7) is 5.08. The predicted molar refractivity (Wildman–Crippen MR) is 64.2 cm³/mol. The third-order valence-electron chi connectivity index (χ3n) is 3.48. The summed E-state index contributed by atoms with van der Waals surface area (Å²) < 4.78 is 1.68. The summed E-state index contributed by atoms with van der Waals surface area (Å²) in [7, 11) is 0. The van der Waals surface area contributed by atoms with Crippen molar-refractivity contribution in [2.24, 2.45) is 5.41 Å². The second kappa shape index (κ2) is 4.44. The van der Waals surface area contributed by atoms with Crippen LogP contribution in [0.25, 0.3) is 0 Å². The van der Waals surface area contributed by atoms with Gasteiger partial charge < -0.3 is 10.0 Å². The maximum atomic E-state index is 12.2. The third kappa shape index (κ3) is 2.10. The van der Waals surface area contributed by atoms with Crippen LogP contribution in [-0.2, 0) is 11.3 Å². The van der Waals surface area contributed by atoms with E-state index >= 15 is 0 Å². The number of carboxylic acid groups (broad SMARTS) is 1. The molecule has 6 nitrogen and oxygen atoms in total. The molecule has 1 atom stereocenters. The molecule has 1 saturated heterocycles. The van der Waals surface area contributed by atoms with Gasteiger partial charge in [0.2, 0.25) is 0 Å². The summed E-state index contributed by atoms with van der Waals surface area (Å²) in [6, 6.07) is 0. The highest BCUT2D eigenvalue weighted by Crippen LogP contribution is 2.30. The van der Waals surface area contributed by atoms with E-state index in [1.165, 1.54) is 6.20 Å². The van der Waals surface area contributed by atoms with Crippen LogP contribution in [0.3, 0.4) is 0 Å². The average molecular weight is 251 g/mol. The summed E-state index contributed by atoms with van der Waals surface area (Å²) in [4.78, 5) is 24.9. The summed E-state index contributed by atoms with van der Waals surface area (Å²) in [5.74, 6) is -0.985. The van der Waals surface area contributed by atoms with Crippen molar-refractivity contribution < 1.29 is 14.7 Å². The van der Waals surface area contributed by atoms with Crippen LogP contribution in [0.4, 0.5) is 0 Å². The number of carboxylic acids is 1. The number of rotatable bonds is 3. The van der Waals surface area contributed by atoms with Crippen LogP contribution in [0.5, 0.6) is 0 Å². The van der Waals surface area contributed by atoms with E-state index in [2.05, 4.69) is 5.10 Å².